The molecule has 6 nitrogen and oxygen atoms in total. The van der Waals surface area contributed by atoms with Crippen molar-refractivity contribution in [1.29, 1.82) is 5.26 Å². The standard InChI is InChI=1S/C32H45N3O3/c1-27(2)11-13-32(35-26(38)34-8)14-12-31(7)24(20(32)17-27)21(36)15-23-29(5)16-19(18-33)25(37)28(3,4)22(29)9-10-30(23,31)6/h15-16,20,22,24H,9-14,17H2,1-8H3,(H2,34,35,38). The van der Waals surface area contributed by atoms with Gasteiger partial charge in [-0.3, -0.25) is 9.59 Å². The zero-order valence-corrected chi connectivity index (χ0v) is 24.5. The number of carbonyl (C=O) groups is 3. The molecule has 7 unspecified atom stereocenters. The summed E-state index contributed by atoms with van der Waals surface area (Å²) >= 11 is 0. The van der Waals surface area contributed by atoms with Crippen LogP contribution in [0.1, 0.15) is 93.4 Å². The number of rotatable bonds is 1. The maximum absolute atomic E-state index is 14.4. The molecule has 5 aliphatic rings. The molecule has 3 saturated carbocycles. The van der Waals surface area contributed by atoms with Crippen molar-refractivity contribution < 1.29 is 14.4 Å². The van der Waals surface area contributed by atoms with Crippen LogP contribution in [-0.4, -0.2) is 30.2 Å². The monoisotopic (exact) mass is 519 g/mol. The summed E-state index contributed by atoms with van der Waals surface area (Å²) < 4.78 is 0. The Balaban J connectivity index is 1.68. The lowest BCUT2D eigenvalue weighted by Crippen LogP contribution is -2.70. The van der Waals surface area contributed by atoms with Crippen molar-refractivity contribution in [3.8, 4) is 6.07 Å². The number of amides is 2. The fourth-order valence-electron chi connectivity index (χ4n) is 10.1. The molecule has 6 heteroatoms. The smallest absolute Gasteiger partial charge is 0.314 e. The average Bonchev–Trinajstić information content (AvgIpc) is 2.83. The number of carbonyl (C=O) groups excluding carboxylic acids is 3. The molecule has 0 radical (unpaired) electrons. The van der Waals surface area contributed by atoms with E-state index in [1.807, 2.05) is 26.0 Å². The Labute approximate surface area is 228 Å². The number of hydrogen-bond acceptors (Lipinski definition) is 4. The number of nitrogens with one attached hydrogen (secondary N) is 2. The first-order valence-electron chi connectivity index (χ1n) is 14.5. The van der Waals surface area contributed by atoms with E-state index in [0.717, 1.165) is 50.5 Å². The van der Waals surface area contributed by atoms with Crippen molar-refractivity contribution in [2.75, 3.05) is 7.05 Å². The van der Waals surface area contributed by atoms with Crippen molar-refractivity contribution in [2.24, 2.45) is 44.8 Å². The zero-order chi connectivity index (χ0) is 28.1. The lowest BCUT2D eigenvalue weighted by atomic mass is 9.35. The van der Waals surface area contributed by atoms with E-state index >= 15 is 0 Å². The van der Waals surface area contributed by atoms with E-state index < -0.39 is 10.8 Å². The summed E-state index contributed by atoms with van der Waals surface area (Å²) in [5.74, 6) is 0.00108. The Hall–Kier alpha value is -2.42. The van der Waals surface area contributed by atoms with Crippen LogP contribution >= 0.6 is 0 Å². The zero-order valence-electron chi connectivity index (χ0n) is 24.5. The molecule has 0 saturated heterocycles. The summed E-state index contributed by atoms with van der Waals surface area (Å²) in [5.41, 5.74) is -0.657. The van der Waals surface area contributed by atoms with Gasteiger partial charge in [-0.05, 0) is 79.1 Å². The van der Waals surface area contributed by atoms with Crippen LogP contribution in [0.2, 0.25) is 0 Å². The van der Waals surface area contributed by atoms with Crippen LogP contribution in [0.4, 0.5) is 4.79 Å². The Morgan fingerprint density at radius 1 is 1.00 bits per heavy atom. The lowest BCUT2D eigenvalue weighted by Gasteiger charge is -2.69. The average molecular weight is 520 g/mol. The summed E-state index contributed by atoms with van der Waals surface area (Å²) in [6, 6.07) is 2.01. The van der Waals surface area contributed by atoms with Gasteiger partial charge in [0.15, 0.2) is 11.6 Å². The molecule has 0 aliphatic heterocycles. The largest absolute Gasteiger partial charge is 0.341 e. The first kappa shape index (κ1) is 27.2. The number of nitriles is 1. The van der Waals surface area contributed by atoms with Gasteiger partial charge in [0.05, 0.1) is 5.57 Å². The molecule has 38 heavy (non-hydrogen) atoms. The molecule has 2 amide bonds. The van der Waals surface area contributed by atoms with Gasteiger partial charge in [-0.2, -0.15) is 5.26 Å². The highest BCUT2D eigenvalue weighted by Crippen LogP contribution is 2.73. The summed E-state index contributed by atoms with van der Waals surface area (Å²) in [7, 11) is 1.65. The van der Waals surface area contributed by atoms with Gasteiger partial charge in [-0.25, -0.2) is 4.79 Å². The molecular formula is C32H45N3O3. The third-order valence-electron chi connectivity index (χ3n) is 12.4. The summed E-state index contributed by atoms with van der Waals surface area (Å²) in [6.45, 7) is 15.4. The van der Waals surface area contributed by atoms with Crippen molar-refractivity contribution in [1.82, 2.24) is 10.6 Å². The third kappa shape index (κ3) is 3.32. The van der Waals surface area contributed by atoms with E-state index in [9.17, 15) is 19.6 Å². The van der Waals surface area contributed by atoms with E-state index in [1.165, 1.54) is 0 Å². The second-order valence-electron chi connectivity index (χ2n) is 15.1. The highest BCUT2D eigenvalue weighted by atomic mass is 16.2. The molecule has 3 fully saturated rings. The number of nitrogens with zero attached hydrogens (tertiary/aromatic N) is 1. The normalized spacial score (nSPS) is 44.7. The quantitative estimate of drug-likeness (QED) is 0.451. The van der Waals surface area contributed by atoms with Gasteiger partial charge in [0.1, 0.15) is 6.07 Å². The molecule has 5 rings (SSSR count). The molecule has 2 N–H and O–H groups in total. The molecule has 0 aromatic carbocycles. The molecule has 0 bridgehead atoms. The highest BCUT2D eigenvalue weighted by molar-refractivity contribution is 6.04. The lowest BCUT2D eigenvalue weighted by molar-refractivity contribution is -0.160. The van der Waals surface area contributed by atoms with E-state index in [0.29, 0.717) is 0 Å². The minimum absolute atomic E-state index is 0.0399. The fraction of sp³-hybridized carbons (Fsp3) is 0.750. The highest BCUT2D eigenvalue weighted by Gasteiger charge is 2.70. The van der Waals surface area contributed by atoms with E-state index in [-0.39, 0.29) is 62.7 Å². The molecule has 0 heterocycles. The van der Waals surface area contributed by atoms with Gasteiger partial charge < -0.3 is 10.6 Å². The van der Waals surface area contributed by atoms with Crippen LogP contribution in [0, 0.1) is 56.2 Å². The first-order chi connectivity index (χ1) is 17.5. The van der Waals surface area contributed by atoms with E-state index in [4.69, 9.17) is 0 Å². The topological polar surface area (TPSA) is 99.1 Å². The van der Waals surface area contributed by atoms with Crippen LogP contribution < -0.4 is 10.6 Å². The minimum atomic E-state index is -0.663. The summed E-state index contributed by atoms with van der Waals surface area (Å²) in [4.78, 5) is 40.3. The predicted octanol–water partition coefficient (Wildman–Crippen LogP) is 5.89. The molecular weight excluding hydrogens is 474 g/mol. The first-order valence-corrected chi connectivity index (χ1v) is 14.5. The number of ketones is 2. The summed E-state index contributed by atoms with van der Waals surface area (Å²) in [5, 5.41) is 16.0. The number of fused-ring (bicyclic) bond motifs is 7. The molecule has 206 valence electrons. The Morgan fingerprint density at radius 3 is 2.29 bits per heavy atom. The van der Waals surface area contributed by atoms with Crippen molar-refractivity contribution in [2.45, 2.75) is 99.0 Å². The van der Waals surface area contributed by atoms with Crippen molar-refractivity contribution in [3.63, 3.8) is 0 Å². The Bertz CT molecular complexity index is 1220. The fourth-order valence-corrected chi connectivity index (χ4v) is 10.1. The Kier molecular flexibility index (Phi) is 5.76. The van der Waals surface area contributed by atoms with Gasteiger partial charge in [-0.15, -0.1) is 0 Å². The van der Waals surface area contributed by atoms with Gasteiger partial charge in [0.25, 0.3) is 0 Å². The van der Waals surface area contributed by atoms with Crippen LogP contribution in [0.25, 0.3) is 0 Å². The second kappa shape index (κ2) is 8.05. The number of urea groups is 1. The predicted molar refractivity (Wildman–Crippen MR) is 147 cm³/mol. The van der Waals surface area contributed by atoms with Gasteiger partial charge in [-0.1, -0.05) is 60.1 Å². The minimum Gasteiger partial charge on any atom is -0.341 e. The van der Waals surface area contributed by atoms with Gasteiger partial charge >= 0.3 is 6.03 Å². The van der Waals surface area contributed by atoms with Gasteiger partial charge in [0.2, 0.25) is 0 Å². The maximum Gasteiger partial charge on any atom is 0.314 e. The SMILES string of the molecule is CNC(=O)NC12CCC(C)(C)CC1C1C(=O)C=C3C4(C)C=C(C#N)C(=O)C(C)(C)C4CCC3(C)C1(C)CC2. The molecule has 0 aromatic rings. The van der Waals surface area contributed by atoms with Crippen LogP contribution in [0.5, 0.6) is 0 Å². The Morgan fingerprint density at radius 2 is 1.66 bits per heavy atom. The number of Topliss-reactive ketones (excluding diaryl/α,β-unsaturated/α-hetero) is 1. The van der Waals surface area contributed by atoms with E-state index in [2.05, 4.69) is 51.3 Å². The maximum atomic E-state index is 14.4. The second-order valence-corrected chi connectivity index (χ2v) is 15.1. The molecule has 7 atom stereocenters. The van der Waals surface area contributed by atoms with Crippen LogP contribution in [0.3, 0.4) is 0 Å². The molecule has 5 aliphatic carbocycles. The summed E-state index contributed by atoms with van der Waals surface area (Å²) in [6.07, 6.45) is 10.1. The molecule has 0 spiro atoms. The third-order valence-corrected chi connectivity index (χ3v) is 12.4. The van der Waals surface area contributed by atoms with Crippen LogP contribution in [-0.2, 0) is 9.59 Å². The van der Waals surface area contributed by atoms with Crippen LogP contribution in [0.15, 0.2) is 23.3 Å². The number of allylic oxidation sites excluding steroid dienone is 4. The molecule has 0 aromatic heterocycles. The number of hydrogen-bond donors (Lipinski definition) is 2. The van der Waals surface area contributed by atoms with Gasteiger partial charge in [0, 0.05) is 29.3 Å². The van der Waals surface area contributed by atoms with E-state index in [1.54, 1.807) is 7.05 Å². The van der Waals surface area contributed by atoms with Crippen molar-refractivity contribution in [3.05, 3.63) is 23.3 Å². The van der Waals surface area contributed by atoms with Crippen molar-refractivity contribution >= 4 is 17.6 Å².